The number of carbonyl (C=O) groups excluding carboxylic acids is 1. The zero-order valence-corrected chi connectivity index (χ0v) is 16.7. The van der Waals surface area contributed by atoms with E-state index >= 15 is 0 Å². The fraction of sp³-hybridized carbons (Fsp3) is 0.632. The third-order valence-electron chi connectivity index (χ3n) is 5.45. The third kappa shape index (κ3) is 4.19. The molecule has 2 fully saturated rings. The summed E-state index contributed by atoms with van der Waals surface area (Å²) in [5.74, 6) is 3.07. The first kappa shape index (κ1) is 18.2. The largest absolute Gasteiger partial charge is 0.343 e. The summed E-state index contributed by atoms with van der Waals surface area (Å²) in [6, 6.07) is 5.98. The smallest absolute Gasteiger partial charge is 0.222 e. The number of unbranched alkanes of at least 4 members (excludes halogenated alkanes) is 1. The van der Waals surface area contributed by atoms with Gasteiger partial charge in [-0.15, -0.1) is 10.2 Å². The van der Waals surface area contributed by atoms with Crippen molar-refractivity contribution >= 4 is 33.1 Å². The van der Waals surface area contributed by atoms with Crippen LogP contribution < -0.4 is 0 Å². The quantitative estimate of drug-likeness (QED) is 0.548. The molecule has 140 valence electrons. The van der Waals surface area contributed by atoms with E-state index in [0.29, 0.717) is 18.2 Å². The van der Waals surface area contributed by atoms with E-state index in [-0.39, 0.29) is 0 Å². The Balaban J connectivity index is 1.22. The lowest BCUT2D eigenvalue weighted by Crippen LogP contribution is -2.38. The summed E-state index contributed by atoms with van der Waals surface area (Å²) in [6.07, 6.45) is 9.55. The Labute approximate surface area is 162 Å². The summed E-state index contributed by atoms with van der Waals surface area (Å²) in [4.78, 5) is 14.5. The molecule has 0 spiro atoms. The van der Waals surface area contributed by atoms with Gasteiger partial charge in [-0.1, -0.05) is 34.1 Å². The molecule has 2 aliphatic rings. The Morgan fingerprint density at radius 3 is 2.85 bits per heavy atom. The molecule has 2 aromatic rings. The molecule has 1 amide bonds. The van der Waals surface area contributed by atoms with Crippen molar-refractivity contribution in [2.45, 2.75) is 56.1 Å². The first-order chi connectivity index (χ1) is 12.8. The zero-order valence-electron chi connectivity index (χ0n) is 15.0. The molecular formula is C19H26N4OS2. The van der Waals surface area contributed by atoms with Gasteiger partial charge >= 0.3 is 0 Å². The number of amides is 1. The number of pyridine rings is 1. The molecule has 2 aromatic heterocycles. The van der Waals surface area contributed by atoms with Crippen molar-refractivity contribution in [2.75, 3.05) is 18.8 Å². The van der Waals surface area contributed by atoms with Crippen LogP contribution in [0.1, 0.15) is 56.7 Å². The average molecular weight is 391 g/mol. The topological polar surface area (TPSA) is 50.5 Å². The van der Waals surface area contributed by atoms with Crippen molar-refractivity contribution in [3.05, 3.63) is 30.2 Å². The first-order valence-corrected chi connectivity index (χ1v) is 12.0. The highest BCUT2D eigenvalue weighted by molar-refractivity contribution is 8.77. The number of piperidine rings is 1. The molecule has 0 bridgehead atoms. The number of carbonyl (C=O) groups is 1. The van der Waals surface area contributed by atoms with E-state index in [4.69, 9.17) is 0 Å². The number of hydrogen-bond acceptors (Lipinski definition) is 5. The lowest BCUT2D eigenvalue weighted by Gasteiger charge is -2.31. The van der Waals surface area contributed by atoms with E-state index in [1.807, 2.05) is 46.0 Å². The van der Waals surface area contributed by atoms with Crippen molar-refractivity contribution in [3.63, 3.8) is 0 Å². The minimum atomic E-state index is 0.336. The van der Waals surface area contributed by atoms with Gasteiger partial charge in [0.2, 0.25) is 5.91 Å². The summed E-state index contributed by atoms with van der Waals surface area (Å²) < 4.78 is 2.08. The Morgan fingerprint density at radius 2 is 2.04 bits per heavy atom. The molecule has 2 saturated heterocycles. The highest BCUT2D eigenvalue weighted by Crippen LogP contribution is 2.40. The first-order valence-electron chi connectivity index (χ1n) is 9.67. The van der Waals surface area contributed by atoms with E-state index in [2.05, 4.69) is 19.5 Å². The highest BCUT2D eigenvalue weighted by Gasteiger charge is 2.26. The van der Waals surface area contributed by atoms with Crippen molar-refractivity contribution in [2.24, 2.45) is 0 Å². The molecule has 4 heterocycles. The van der Waals surface area contributed by atoms with Crippen LogP contribution in [0.15, 0.2) is 24.4 Å². The normalized spacial score (nSPS) is 21.5. The van der Waals surface area contributed by atoms with Crippen LogP contribution in [-0.2, 0) is 4.79 Å². The summed E-state index contributed by atoms with van der Waals surface area (Å²) in [5, 5.41) is 9.48. The fourth-order valence-corrected chi connectivity index (χ4v) is 6.92. The lowest BCUT2D eigenvalue weighted by molar-refractivity contribution is -0.132. The van der Waals surface area contributed by atoms with Gasteiger partial charge in [0.15, 0.2) is 5.65 Å². The SMILES string of the molecule is O=C(CCCC[C@@H]1CCSS1)N1CCC(c2nnc3ccccn23)CC1. The number of fused-ring (bicyclic) bond motifs is 1. The molecule has 7 heteroatoms. The zero-order chi connectivity index (χ0) is 17.8. The van der Waals surface area contributed by atoms with Gasteiger partial charge in [-0.25, -0.2) is 0 Å². The summed E-state index contributed by atoms with van der Waals surface area (Å²) in [6.45, 7) is 1.70. The van der Waals surface area contributed by atoms with Gasteiger partial charge in [0, 0.05) is 42.6 Å². The third-order valence-corrected chi connectivity index (χ3v) is 8.45. The second-order valence-corrected chi connectivity index (χ2v) is 10.0. The van der Waals surface area contributed by atoms with Crippen molar-refractivity contribution in [3.8, 4) is 0 Å². The molecule has 26 heavy (non-hydrogen) atoms. The van der Waals surface area contributed by atoms with Crippen LogP contribution in [0.5, 0.6) is 0 Å². The molecule has 0 N–H and O–H groups in total. The predicted octanol–water partition coefficient (Wildman–Crippen LogP) is 4.15. The molecule has 0 aromatic carbocycles. The summed E-state index contributed by atoms with van der Waals surface area (Å²) in [5.41, 5.74) is 0.903. The highest BCUT2D eigenvalue weighted by atomic mass is 33.1. The number of hydrogen-bond donors (Lipinski definition) is 0. The number of rotatable bonds is 6. The van der Waals surface area contributed by atoms with Crippen LogP contribution in [0, 0.1) is 0 Å². The second kappa shape index (κ2) is 8.65. The maximum atomic E-state index is 12.5. The number of aromatic nitrogens is 3. The lowest BCUT2D eigenvalue weighted by atomic mass is 9.95. The van der Waals surface area contributed by atoms with Gasteiger partial charge < -0.3 is 4.90 Å². The maximum absolute atomic E-state index is 12.5. The van der Waals surface area contributed by atoms with E-state index < -0.39 is 0 Å². The van der Waals surface area contributed by atoms with Gasteiger partial charge in [-0.2, -0.15) is 0 Å². The number of likely N-dealkylation sites (tertiary alicyclic amines) is 1. The van der Waals surface area contributed by atoms with Crippen LogP contribution in [0.3, 0.4) is 0 Å². The number of nitrogens with zero attached hydrogens (tertiary/aromatic N) is 4. The predicted molar refractivity (Wildman–Crippen MR) is 108 cm³/mol. The van der Waals surface area contributed by atoms with E-state index in [9.17, 15) is 4.79 Å². The molecule has 1 atom stereocenters. The van der Waals surface area contributed by atoms with Crippen LogP contribution in [0.4, 0.5) is 0 Å². The molecule has 0 unspecified atom stereocenters. The molecular weight excluding hydrogens is 364 g/mol. The molecule has 2 aliphatic heterocycles. The van der Waals surface area contributed by atoms with Gasteiger partial charge in [0.1, 0.15) is 5.82 Å². The van der Waals surface area contributed by atoms with Crippen LogP contribution in [-0.4, -0.2) is 49.5 Å². The Kier molecular flexibility index (Phi) is 6.05. The Hall–Kier alpha value is -1.21. The molecule has 5 nitrogen and oxygen atoms in total. The van der Waals surface area contributed by atoms with Gasteiger partial charge in [-0.05, 0) is 44.2 Å². The van der Waals surface area contributed by atoms with Crippen LogP contribution in [0.25, 0.3) is 5.65 Å². The van der Waals surface area contributed by atoms with E-state index in [0.717, 1.165) is 49.1 Å². The van der Waals surface area contributed by atoms with E-state index in [1.54, 1.807) is 0 Å². The molecule has 0 aliphatic carbocycles. The van der Waals surface area contributed by atoms with Crippen LogP contribution >= 0.6 is 21.6 Å². The fourth-order valence-electron chi connectivity index (χ4n) is 3.90. The Bertz CT molecular complexity index is 736. The monoisotopic (exact) mass is 390 g/mol. The van der Waals surface area contributed by atoms with Gasteiger partial charge in [0.25, 0.3) is 0 Å². The molecule has 4 rings (SSSR count). The minimum Gasteiger partial charge on any atom is -0.343 e. The minimum absolute atomic E-state index is 0.336. The molecule has 0 radical (unpaired) electrons. The van der Waals surface area contributed by atoms with Gasteiger partial charge in [-0.3, -0.25) is 9.20 Å². The van der Waals surface area contributed by atoms with Crippen LogP contribution in [0.2, 0.25) is 0 Å². The summed E-state index contributed by atoms with van der Waals surface area (Å²) in [7, 11) is 4.04. The second-order valence-electron chi connectivity index (χ2n) is 7.22. The molecule has 0 saturated carbocycles. The maximum Gasteiger partial charge on any atom is 0.222 e. The van der Waals surface area contributed by atoms with Crippen molar-refractivity contribution in [1.29, 1.82) is 0 Å². The van der Waals surface area contributed by atoms with Crippen molar-refractivity contribution < 1.29 is 4.79 Å². The standard InChI is InChI=1S/C19H26N4OS2/c24-18(7-2-1-5-16-10-14-25-26-16)22-12-8-15(9-13-22)19-21-20-17-6-3-4-11-23(17)19/h3-4,6,11,15-16H,1-2,5,7-10,12-14H2/t16-/m1/s1. The van der Waals surface area contributed by atoms with E-state index in [1.165, 1.54) is 25.0 Å². The summed E-state index contributed by atoms with van der Waals surface area (Å²) >= 11 is 0. The van der Waals surface area contributed by atoms with Gasteiger partial charge in [0.05, 0.1) is 0 Å². The van der Waals surface area contributed by atoms with Crippen molar-refractivity contribution in [1.82, 2.24) is 19.5 Å². The average Bonchev–Trinajstić information content (AvgIpc) is 3.35. The Morgan fingerprint density at radius 1 is 1.15 bits per heavy atom.